The first kappa shape index (κ1) is 8.73. The van der Waals surface area contributed by atoms with Gasteiger partial charge in [-0.1, -0.05) is 11.8 Å². The number of nitrogens with zero attached hydrogens (tertiary/aromatic N) is 3. The maximum atomic E-state index is 4.55. The molecule has 0 aliphatic carbocycles. The van der Waals surface area contributed by atoms with E-state index in [1.807, 2.05) is 24.0 Å². The molecule has 0 fully saturated rings. The van der Waals surface area contributed by atoms with Gasteiger partial charge in [0, 0.05) is 23.0 Å². The van der Waals surface area contributed by atoms with E-state index in [-0.39, 0.29) is 0 Å². The molecule has 0 spiro atoms. The normalized spacial score (nSPS) is 15.8. The first-order valence-electron chi connectivity index (χ1n) is 4.49. The molecule has 72 valence electrons. The van der Waals surface area contributed by atoms with E-state index < -0.39 is 0 Å². The summed E-state index contributed by atoms with van der Waals surface area (Å²) in [4.78, 5) is 8.94. The third kappa shape index (κ3) is 1.26. The van der Waals surface area contributed by atoms with Gasteiger partial charge in [-0.15, -0.1) is 0 Å². The van der Waals surface area contributed by atoms with Crippen LogP contribution < -0.4 is 0 Å². The lowest BCUT2D eigenvalue weighted by molar-refractivity contribution is 0.619. The summed E-state index contributed by atoms with van der Waals surface area (Å²) < 4.78 is 3.20. The molecule has 0 N–H and O–H groups in total. The summed E-state index contributed by atoms with van der Waals surface area (Å²) >= 11 is 5.22. The van der Waals surface area contributed by atoms with E-state index in [9.17, 15) is 0 Å². The average Bonchev–Trinajstić information content (AvgIpc) is 2.54. The van der Waals surface area contributed by atoms with Crippen molar-refractivity contribution >= 4 is 38.9 Å². The number of aryl methyl sites for hydroxylation is 1. The number of hydrogen-bond donors (Lipinski definition) is 0. The Labute approximate surface area is 94.1 Å². The molecule has 14 heavy (non-hydrogen) atoms. The van der Waals surface area contributed by atoms with Crippen LogP contribution in [0.1, 0.15) is 6.42 Å². The monoisotopic (exact) mass is 269 g/mol. The fourth-order valence-corrected chi connectivity index (χ4v) is 2.94. The standard InChI is InChI=1S/C9H8BrN3S/c10-6-4-7-8(11-5-6)13-2-1-3-14-9(13)12-7/h4-5H,1-3H2. The molecule has 0 unspecified atom stereocenters. The van der Waals surface area contributed by atoms with Crippen LogP contribution in [0.15, 0.2) is 21.9 Å². The Morgan fingerprint density at radius 1 is 1.50 bits per heavy atom. The number of halogens is 1. The zero-order valence-electron chi connectivity index (χ0n) is 7.40. The van der Waals surface area contributed by atoms with Crippen molar-refractivity contribution in [1.29, 1.82) is 0 Å². The molecule has 0 bridgehead atoms. The minimum Gasteiger partial charge on any atom is -0.304 e. The highest BCUT2D eigenvalue weighted by atomic mass is 79.9. The topological polar surface area (TPSA) is 30.7 Å². The van der Waals surface area contributed by atoms with Gasteiger partial charge in [-0.3, -0.25) is 0 Å². The van der Waals surface area contributed by atoms with E-state index in [1.165, 1.54) is 12.2 Å². The molecule has 1 aliphatic rings. The lowest BCUT2D eigenvalue weighted by Gasteiger charge is -2.12. The molecule has 0 amide bonds. The van der Waals surface area contributed by atoms with E-state index in [4.69, 9.17) is 0 Å². The average molecular weight is 270 g/mol. The predicted octanol–water partition coefficient (Wildman–Crippen LogP) is 2.69. The van der Waals surface area contributed by atoms with E-state index in [1.54, 1.807) is 0 Å². The van der Waals surface area contributed by atoms with Gasteiger partial charge in [0.1, 0.15) is 5.52 Å². The zero-order chi connectivity index (χ0) is 9.54. The molecule has 3 nitrogen and oxygen atoms in total. The molecule has 0 aromatic carbocycles. The lowest BCUT2D eigenvalue weighted by Crippen LogP contribution is -2.06. The number of thioether (sulfide) groups is 1. The molecule has 1 aliphatic heterocycles. The second-order valence-corrected chi connectivity index (χ2v) is 5.22. The minimum absolute atomic E-state index is 0.990. The van der Waals surface area contributed by atoms with Crippen molar-refractivity contribution in [2.75, 3.05) is 5.75 Å². The molecule has 0 saturated heterocycles. The van der Waals surface area contributed by atoms with Crippen molar-refractivity contribution in [3.63, 3.8) is 0 Å². The highest BCUT2D eigenvalue weighted by Crippen LogP contribution is 2.28. The molecule has 3 rings (SSSR count). The van der Waals surface area contributed by atoms with Crippen LogP contribution in [-0.2, 0) is 6.54 Å². The molecule has 0 atom stereocenters. The molecule has 2 aromatic rings. The summed E-state index contributed by atoms with van der Waals surface area (Å²) in [5.41, 5.74) is 2.00. The highest BCUT2D eigenvalue weighted by Gasteiger charge is 2.15. The van der Waals surface area contributed by atoms with Gasteiger partial charge in [-0.05, 0) is 28.4 Å². The van der Waals surface area contributed by atoms with Crippen molar-refractivity contribution in [3.8, 4) is 0 Å². The van der Waals surface area contributed by atoms with Gasteiger partial charge in [0.15, 0.2) is 10.8 Å². The second kappa shape index (κ2) is 3.24. The number of rotatable bonds is 0. The van der Waals surface area contributed by atoms with Crippen molar-refractivity contribution < 1.29 is 0 Å². The summed E-state index contributed by atoms with van der Waals surface area (Å²) in [5, 5.41) is 1.11. The number of hydrogen-bond acceptors (Lipinski definition) is 3. The summed E-state index contributed by atoms with van der Waals surface area (Å²) in [6.07, 6.45) is 3.04. The van der Waals surface area contributed by atoms with Gasteiger partial charge in [0.2, 0.25) is 0 Å². The van der Waals surface area contributed by atoms with Crippen LogP contribution in [-0.4, -0.2) is 20.3 Å². The Kier molecular flexibility index (Phi) is 2.02. The first-order valence-corrected chi connectivity index (χ1v) is 6.27. The Morgan fingerprint density at radius 2 is 2.43 bits per heavy atom. The molecule has 2 aromatic heterocycles. The predicted molar refractivity (Wildman–Crippen MR) is 60.6 cm³/mol. The van der Waals surface area contributed by atoms with Gasteiger partial charge in [0.25, 0.3) is 0 Å². The molecule has 3 heterocycles. The number of imidazole rings is 1. The fraction of sp³-hybridized carbons (Fsp3) is 0.333. The fourth-order valence-electron chi connectivity index (χ4n) is 1.66. The van der Waals surface area contributed by atoms with Crippen LogP contribution in [0.4, 0.5) is 0 Å². The third-order valence-electron chi connectivity index (χ3n) is 2.27. The molecular weight excluding hydrogens is 262 g/mol. The van der Waals surface area contributed by atoms with Crippen LogP contribution >= 0.6 is 27.7 Å². The maximum Gasteiger partial charge on any atom is 0.170 e. The van der Waals surface area contributed by atoms with Crippen molar-refractivity contribution in [2.24, 2.45) is 0 Å². The Morgan fingerprint density at radius 3 is 3.36 bits per heavy atom. The van der Waals surface area contributed by atoms with E-state index in [0.717, 1.165) is 27.3 Å². The van der Waals surface area contributed by atoms with Crippen molar-refractivity contribution in [2.45, 2.75) is 18.1 Å². The molecular formula is C9H8BrN3S. The van der Waals surface area contributed by atoms with Crippen LogP contribution in [0.2, 0.25) is 0 Å². The van der Waals surface area contributed by atoms with Crippen molar-refractivity contribution in [3.05, 3.63) is 16.7 Å². The van der Waals surface area contributed by atoms with Gasteiger partial charge in [0.05, 0.1) is 0 Å². The summed E-state index contributed by atoms with van der Waals surface area (Å²) in [7, 11) is 0. The molecule has 0 saturated carbocycles. The summed E-state index contributed by atoms with van der Waals surface area (Å²) in [6.45, 7) is 1.05. The van der Waals surface area contributed by atoms with Crippen LogP contribution in [0.25, 0.3) is 11.2 Å². The smallest absolute Gasteiger partial charge is 0.170 e. The summed E-state index contributed by atoms with van der Waals surface area (Å²) in [5.74, 6) is 1.17. The number of fused-ring (bicyclic) bond motifs is 3. The highest BCUT2D eigenvalue weighted by molar-refractivity contribution is 9.10. The van der Waals surface area contributed by atoms with Crippen LogP contribution in [0.5, 0.6) is 0 Å². The third-order valence-corrected chi connectivity index (χ3v) is 3.77. The van der Waals surface area contributed by atoms with Crippen LogP contribution in [0.3, 0.4) is 0 Å². The first-order chi connectivity index (χ1) is 6.84. The number of aromatic nitrogens is 3. The lowest BCUT2D eigenvalue weighted by atomic mass is 10.4. The van der Waals surface area contributed by atoms with Gasteiger partial charge in [-0.2, -0.15) is 0 Å². The quantitative estimate of drug-likeness (QED) is 0.737. The minimum atomic E-state index is 0.990. The largest absolute Gasteiger partial charge is 0.304 e. The van der Waals surface area contributed by atoms with Gasteiger partial charge >= 0.3 is 0 Å². The molecule has 0 radical (unpaired) electrons. The van der Waals surface area contributed by atoms with Gasteiger partial charge in [-0.25, -0.2) is 9.97 Å². The Balaban J connectivity index is 2.31. The summed E-state index contributed by atoms with van der Waals surface area (Å²) in [6, 6.07) is 2.02. The van der Waals surface area contributed by atoms with Crippen LogP contribution in [0, 0.1) is 0 Å². The van der Waals surface area contributed by atoms with Gasteiger partial charge < -0.3 is 4.57 Å². The van der Waals surface area contributed by atoms with E-state index in [0.29, 0.717) is 0 Å². The van der Waals surface area contributed by atoms with E-state index >= 15 is 0 Å². The molecule has 5 heteroatoms. The SMILES string of the molecule is Brc1cnc2c(c1)nc1n2CCCS1. The van der Waals surface area contributed by atoms with E-state index in [2.05, 4.69) is 30.5 Å². The Hall–Kier alpha value is -0.550. The maximum absolute atomic E-state index is 4.55. The van der Waals surface area contributed by atoms with Crippen molar-refractivity contribution in [1.82, 2.24) is 14.5 Å². The number of pyridine rings is 1. The Bertz CT molecular complexity index is 494. The second-order valence-electron chi connectivity index (χ2n) is 3.24. The zero-order valence-corrected chi connectivity index (χ0v) is 9.81.